The molecule has 0 amide bonds. The topological polar surface area (TPSA) is 147 Å². The number of nitrogens with one attached hydrogen (secondary N) is 1. The molecule has 1 fully saturated rings. The second kappa shape index (κ2) is 16.2. The van der Waals surface area contributed by atoms with Gasteiger partial charge in [0.1, 0.15) is 35.4 Å². The predicted molar refractivity (Wildman–Crippen MR) is 182 cm³/mol. The van der Waals surface area contributed by atoms with Crippen molar-refractivity contribution in [3.63, 3.8) is 0 Å². The number of aliphatic hydroxyl groups excluding tert-OH is 1. The minimum Gasteiger partial charge on any atom is -0.497 e. The van der Waals surface area contributed by atoms with Gasteiger partial charge >= 0.3 is 5.69 Å². The van der Waals surface area contributed by atoms with Gasteiger partial charge in [-0.1, -0.05) is 67.4 Å². The fraction of sp³-hybridized carbons (Fsp3) is 0.405. The molecule has 2 heterocycles. The first-order valence-corrected chi connectivity index (χ1v) is 16.3. The van der Waals surface area contributed by atoms with Crippen LogP contribution in [-0.2, 0) is 19.8 Å². The number of ether oxygens (including phenoxy) is 5. The van der Waals surface area contributed by atoms with Gasteiger partial charge in [-0.15, -0.1) is 0 Å². The number of aryl methyl sites for hydroxylation is 1. The molecule has 11 heteroatoms. The maximum Gasteiger partial charge on any atom is 0.330 e. The zero-order valence-corrected chi connectivity index (χ0v) is 27.7. The maximum atomic E-state index is 12.9. The quantitative estimate of drug-likeness (QED) is 0.120. The summed E-state index contributed by atoms with van der Waals surface area (Å²) in [7, 11) is 3.23. The van der Waals surface area contributed by atoms with Gasteiger partial charge in [0.25, 0.3) is 5.56 Å². The minimum atomic E-state index is -1.22. The number of nitrogens with two attached hydrogens (primary N) is 1. The SMILES string of the molecule is COc1ccc(C(OC[C@H]2O[C@@H](n3cc(C)c(=O)[nH]c3=O)[C@H](O)[C@@H]2OCCCCCCN)(c2ccccc2)c2ccc(OC)cc2)cc1. The Kier molecular flexibility index (Phi) is 11.9. The lowest BCUT2D eigenvalue weighted by molar-refractivity contribution is -0.104. The van der Waals surface area contributed by atoms with Gasteiger partial charge in [0.2, 0.25) is 0 Å². The Labute approximate surface area is 280 Å². The van der Waals surface area contributed by atoms with Gasteiger partial charge in [0, 0.05) is 18.4 Å². The first-order chi connectivity index (χ1) is 23.3. The molecule has 4 N–H and O–H groups in total. The highest BCUT2D eigenvalue weighted by Gasteiger charge is 2.48. The van der Waals surface area contributed by atoms with E-state index >= 15 is 0 Å². The van der Waals surface area contributed by atoms with E-state index in [4.69, 9.17) is 29.4 Å². The molecule has 1 saturated heterocycles. The van der Waals surface area contributed by atoms with Crippen LogP contribution in [0, 0.1) is 6.92 Å². The average Bonchev–Trinajstić information content (AvgIpc) is 3.43. The van der Waals surface area contributed by atoms with E-state index in [9.17, 15) is 14.7 Å². The van der Waals surface area contributed by atoms with Crippen LogP contribution in [0.3, 0.4) is 0 Å². The predicted octanol–water partition coefficient (Wildman–Crippen LogP) is 4.03. The van der Waals surface area contributed by atoms with E-state index in [1.54, 1.807) is 21.1 Å². The van der Waals surface area contributed by atoms with E-state index in [1.807, 2.05) is 78.9 Å². The third-order valence-electron chi connectivity index (χ3n) is 8.78. The summed E-state index contributed by atoms with van der Waals surface area (Å²) in [6.07, 6.45) is 1.05. The van der Waals surface area contributed by atoms with Gasteiger partial charge < -0.3 is 34.5 Å². The molecule has 4 atom stereocenters. The Morgan fingerprint density at radius 1 is 0.854 bits per heavy atom. The molecule has 0 aliphatic carbocycles. The van der Waals surface area contributed by atoms with Crippen molar-refractivity contribution in [3.8, 4) is 11.5 Å². The smallest absolute Gasteiger partial charge is 0.330 e. The molecular formula is C37H45N3O8. The van der Waals surface area contributed by atoms with Crippen molar-refractivity contribution in [2.45, 2.75) is 62.7 Å². The molecule has 0 radical (unpaired) electrons. The molecule has 5 rings (SSSR count). The molecule has 1 aliphatic rings. The fourth-order valence-electron chi connectivity index (χ4n) is 6.17. The molecule has 48 heavy (non-hydrogen) atoms. The monoisotopic (exact) mass is 659 g/mol. The van der Waals surface area contributed by atoms with Crippen LogP contribution in [0.4, 0.5) is 0 Å². The fourth-order valence-corrected chi connectivity index (χ4v) is 6.17. The highest BCUT2D eigenvalue weighted by molar-refractivity contribution is 5.49. The van der Waals surface area contributed by atoms with Crippen molar-refractivity contribution >= 4 is 0 Å². The first kappa shape index (κ1) is 35.1. The van der Waals surface area contributed by atoms with Crippen LogP contribution in [0.5, 0.6) is 11.5 Å². The van der Waals surface area contributed by atoms with Crippen molar-refractivity contribution in [1.82, 2.24) is 9.55 Å². The van der Waals surface area contributed by atoms with Crippen LogP contribution < -0.4 is 26.5 Å². The van der Waals surface area contributed by atoms with Gasteiger partial charge in [-0.05, 0) is 67.3 Å². The molecule has 11 nitrogen and oxygen atoms in total. The molecule has 1 aromatic heterocycles. The van der Waals surface area contributed by atoms with Gasteiger partial charge in [0.05, 0.1) is 20.8 Å². The number of H-pyrrole nitrogens is 1. The van der Waals surface area contributed by atoms with E-state index in [1.165, 1.54) is 10.8 Å². The van der Waals surface area contributed by atoms with Crippen LogP contribution in [0.2, 0.25) is 0 Å². The van der Waals surface area contributed by atoms with E-state index < -0.39 is 41.4 Å². The number of nitrogens with zero attached hydrogens (tertiary/aromatic N) is 1. The van der Waals surface area contributed by atoms with Crippen LogP contribution in [0.25, 0.3) is 0 Å². The number of methoxy groups -OCH3 is 2. The van der Waals surface area contributed by atoms with Gasteiger partial charge in [-0.2, -0.15) is 0 Å². The molecular weight excluding hydrogens is 614 g/mol. The summed E-state index contributed by atoms with van der Waals surface area (Å²) in [5.41, 5.74) is 6.16. The number of aromatic amines is 1. The molecule has 0 saturated carbocycles. The number of unbranched alkanes of at least 4 members (excludes halogenated alkanes) is 3. The Hall–Kier alpha value is -4.26. The van der Waals surface area contributed by atoms with E-state index in [2.05, 4.69) is 4.98 Å². The van der Waals surface area contributed by atoms with Crippen LogP contribution in [0.1, 0.15) is 54.2 Å². The lowest BCUT2D eigenvalue weighted by Crippen LogP contribution is -2.41. The Morgan fingerprint density at radius 3 is 2.02 bits per heavy atom. The van der Waals surface area contributed by atoms with Gasteiger partial charge in [-0.3, -0.25) is 14.3 Å². The largest absolute Gasteiger partial charge is 0.497 e. The Morgan fingerprint density at radius 2 is 1.44 bits per heavy atom. The Bertz CT molecular complexity index is 1660. The van der Waals surface area contributed by atoms with Crippen LogP contribution in [0.15, 0.2) is 94.6 Å². The second-order valence-corrected chi connectivity index (χ2v) is 11.9. The van der Waals surface area contributed by atoms with Crippen molar-refractivity contribution in [2.24, 2.45) is 5.73 Å². The normalized spacial score (nSPS) is 19.4. The van der Waals surface area contributed by atoms with Crippen molar-refractivity contribution < 1.29 is 28.8 Å². The standard InChI is InChI=1S/C37H45N3O8/c1-25-23-40(36(43)39-34(25)42)35-32(41)33(46-22-10-5-4-9-21-38)31(48-35)24-47-37(26-11-7-6-8-12-26,27-13-17-29(44-2)18-14-27)28-15-19-30(45-3)20-16-28/h6-8,11-20,23,31-33,35,41H,4-5,9-10,21-22,24,38H2,1-3H3,(H,39,42,43)/t31-,32-,33-,35-/m1/s1. The summed E-state index contributed by atoms with van der Waals surface area (Å²) >= 11 is 0. The summed E-state index contributed by atoms with van der Waals surface area (Å²) in [6, 6.07) is 25.2. The summed E-state index contributed by atoms with van der Waals surface area (Å²) in [6.45, 7) is 2.58. The molecule has 256 valence electrons. The molecule has 4 aromatic rings. The number of aromatic nitrogens is 2. The average molecular weight is 660 g/mol. The van der Waals surface area contributed by atoms with E-state index in [0.29, 0.717) is 30.2 Å². The van der Waals surface area contributed by atoms with E-state index in [-0.39, 0.29) is 6.61 Å². The van der Waals surface area contributed by atoms with Crippen LogP contribution >= 0.6 is 0 Å². The highest BCUT2D eigenvalue weighted by atomic mass is 16.6. The maximum absolute atomic E-state index is 12.9. The highest BCUT2D eigenvalue weighted by Crippen LogP contribution is 2.43. The summed E-state index contributed by atoms with van der Waals surface area (Å²) < 4.78 is 31.9. The summed E-state index contributed by atoms with van der Waals surface area (Å²) in [5, 5.41) is 11.6. The molecule has 3 aromatic carbocycles. The first-order valence-electron chi connectivity index (χ1n) is 16.3. The molecule has 0 bridgehead atoms. The zero-order valence-electron chi connectivity index (χ0n) is 27.7. The number of benzene rings is 3. The third-order valence-corrected chi connectivity index (χ3v) is 8.78. The minimum absolute atomic E-state index is 0.0184. The molecule has 0 spiro atoms. The molecule has 0 unspecified atom stereocenters. The number of aliphatic hydroxyl groups is 1. The van der Waals surface area contributed by atoms with Crippen molar-refractivity contribution in [3.05, 3.63) is 128 Å². The van der Waals surface area contributed by atoms with E-state index in [0.717, 1.165) is 42.4 Å². The third kappa shape index (κ3) is 7.56. The van der Waals surface area contributed by atoms with Crippen molar-refractivity contribution in [2.75, 3.05) is 34.0 Å². The second-order valence-electron chi connectivity index (χ2n) is 11.9. The number of hydrogen-bond acceptors (Lipinski definition) is 9. The summed E-state index contributed by atoms with van der Waals surface area (Å²) in [5.74, 6) is 1.39. The number of rotatable bonds is 16. The number of hydrogen-bond donors (Lipinski definition) is 3. The Balaban J connectivity index is 1.54. The van der Waals surface area contributed by atoms with Crippen LogP contribution in [-0.4, -0.2) is 66.9 Å². The van der Waals surface area contributed by atoms with Gasteiger partial charge in [0.15, 0.2) is 6.23 Å². The molecule has 1 aliphatic heterocycles. The van der Waals surface area contributed by atoms with Gasteiger partial charge in [-0.25, -0.2) is 4.79 Å². The van der Waals surface area contributed by atoms with Crippen molar-refractivity contribution in [1.29, 1.82) is 0 Å². The zero-order chi connectivity index (χ0) is 34.1. The lowest BCUT2D eigenvalue weighted by atomic mass is 9.80. The lowest BCUT2D eigenvalue weighted by Gasteiger charge is -2.37. The summed E-state index contributed by atoms with van der Waals surface area (Å²) in [4.78, 5) is 27.3.